The van der Waals surface area contributed by atoms with E-state index in [9.17, 15) is 9.59 Å². The van der Waals surface area contributed by atoms with Gasteiger partial charge in [0.1, 0.15) is 10.8 Å². The van der Waals surface area contributed by atoms with Gasteiger partial charge in [-0.05, 0) is 18.2 Å². The molecule has 0 aliphatic carbocycles. The maximum atomic E-state index is 11.6. The van der Waals surface area contributed by atoms with Gasteiger partial charge < -0.3 is 9.47 Å². The maximum absolute atomic E-state index is 11.6. The number of methoxy groups -OCH3 is 1. The summed E-state index contributed by atoms with van der Waals surface area (Å²) in [5.41, 5.74) is 0.401. The van der Waals surface area contributed by atoms with E-state index >= 15 is 0 Å². The van der Waals surface area contributed by atoms with Gasteiger partial charge in [0.05, 0.1) is 18.6 Å². The van der Waals surface area contributed by atoms with E-state index in [1.54, 1.807) is 0 Å². The summed E-state index contributed by atoms with van der Waals surface area (Å²) >= 11 is 16.5. The topological polar surface area (TPSA) is 52.6 Å². The maximum Gasteiger partial charge on any atom is 0.316 e. The summed E-state index contributed by atoms with van der Waals surface area (Å²) in [4.78, 5) is 22.2. The first-order chi connectivity index (χ1) is 8.97. The van der Waals surface area contributed by atoms with E-state index in [0.717, 1.165) is 0 Å². The van der Waals surface area contributed by atoms with Crippen molar-refractivity contribution in [3.63, 3.8) is 0 Å². The van der Waals surface area contributed by atoms with Gasteiger partial charge in [-0.15, -0.1) is 0 Å². The Labute approximate surface area is 124 Å². The Morgan fingerprint density at radius 1 is 1.26 bits per heavy atom. The van der Waals surface area contributed by atoms with Crippen LogP contribution in [0.15, 0.2) is 27.7 Å². The number of aldehydes is 1. The molecular weight excluding hydrogens is 314 g/mol. The van der Waals surface area contributed by atoms with Crippen molar-refractivity contribution in [1.82, 2.24) is 0 Å². The van der Waals surface area contributed by atoms with Crippen LogP contribution in [0.5, 0.6) is 11.5 Å². The van der Waals surface area contributed by atoms with Gasteiger partial charge in [-0.2, -0.15) is 0 Å². The zero-order valence-electron chi connectivity index (χ0n) is 9.78. The fourth-order valence-corrected chi connectivity index (χ4v) is 1.44. The monoisotopic (exact) mass is 322 g/mol. The number of esters is 1. The third-order valence-corrected chi connectivity index (χ3v) is 3.02. The molecule has 0 aliphatic rings. The van der Waals surface area contributed by atoms with Gasteiger partial charge in [0.25, 0.3) is 0 Å². The molecule has 0 heterocycles. The summed E-state index contributed by atoms with van der Waals surface area (Å²) in [5.74, 6) is -0.218. The van der Waals surface area contributed by atoms with Gasteiger partial charge >= 0.3 is 5.97 Å². The number of carbonyl (C=O) groups is 2. The van der Waals surface area contributed by atoms with Gasteiger partial charge in [-0.3, -0.25) is 9.59 Å². The number of halogens is 3. The van der Waals surface area contributed by atoms with Crippen LogP contribution in [-0.4, -0.2) is 19.4 Å². The first-order valence-electron chi connectivity index (χ1n) is 5.01. The molecule has 0 radical (unpaired) electrons. The van der Waals surface area contributed by atoms with E-state index in [4.69, 9.17) is 44.3 Å². The molecule has 7 heteroatoms. The molecule has 0 atom stereocenters. The second-order valence-electron chi connectivity index (χ2n) is 3.34. The van der Waals surface area contributed by atoms with Gasteiger partial charge in [0, 0.05) is 5.56 Å². The molecule has 0 spiro atoms. The van der Waals surface area contributed by atoms with E-state index in [0.29, 0.717) is 11.8 Å². The number of benzene rings is 1. The van der Waals surface area contributed by atoms with E-state index in [1.807, 2.05) is 0 Å². The minimum absolute atomic E-state index is 0.0168. The second-order valence-corrected chi connectivity index (χ2v) is 4.75. The Bertz CT molecular complexity index is 522. The lowest BCUT2D eigenvalue weighted by Crippen LogP contribution is -2.08. The molecule has 0 aromatic heterocycles. The van der Waals surface area contributed by atoms with E-state index in [-0.39, 0.29) is 27.4 Å². The van der Waals surface area contributed by atoms with Crippen LogP contribution in [0.25, 0.3) is 0 Å². The van der Waals surface area contributed by atoms with Gasteiger partial charge in [0.2, 0.25) is 0 Å². The fourth-order valence-electron chi connectivity index (χ4n) is 1.19. The summed E-state index contributed by atoms with van der Waals surface area (Å²) in [5, 5.41) is -0.0168. The molecule has 0 bridgehead atoms. The third kappa shape index (κ3) is 4.74. The average molecular weight is 324 g/mol. The Kier molecular flexibility index (Phi) is 6.15. The summed E-state index contributed by atoms with van der Waals surface area (Å²) < 4.78 is 9.86. The second kappa shape index (κ2) is 7.38. The SMILES string of the molecule is COc1cc(C=O)ccc1OC(=O)CC(Cl)=C(Cl)Cl. The number of carbonyl (C=O) groups excluding carboxylic acids is 2. The normalized spacial score (nSPS) is 9.68. The Morgan fingerprint density at radius 2 is 1.95 bits per heavy atom. The highest BCUT2D eigenvalue weighted by Crippen LogP contribution is 2.29. The zero-order chi connectivity index (χ0) is 14.4. The van der Waals surface area contributed by atoms with E-state index in [2.05, 4.69) is 0 Å². The predicted molar refractivity (Wildman–Crippen MR) is 73.2 cm³/mol. The van der Waals surface area contributed by atoms with Gasteiger partial charge in [0.15, 0.2) is 11.5 Å². The van der Waals surface area contributed by atoms with Gasteiger partial charge in [-0.25, -0.2) is 0 Å². The van der Waals surface area contributed by atoms with Crippen LogP contribution < -0.4 is 9.47 Å². The standard InChI is InChI=1S/C12H9Cl3O4/c1-18-10-4-7(6-16)2-3-9(10)19-11(17)5-8(13)12(14)15/h2-4,6H,5H2,1H3. The number of ether oxygens (including phenoxy) is 2. The summed E-state index contributed by atoms with van der Waals surface area (Å²) in [7, 11) is 1.39. The Balaban J connectivity index is 2.85. The number of hydrogen-bond donors (Lipinski definition) is 0. The molecule has 1 aromatic carbocycles. The van der Waals surface area contributed by atoms with Crippen LogP contribution in [0.4, 0.5) is 0 Å². The molecule has 1 rings (SSSR count). The lowest BCUT2D eigenvalue weighted by atomic mass is 10.2. The van der Waals surface area contributed by atoms with E-state index < -0.39 is 5.97 Å². The summed E-state index contributed by atoms with van der Waals surface area (Å²) in [6.07, 6.45) is 0.392. The van der Waals surface area contributed by atoms with Crippen LogP contribution in [0.3, 0.4) is 0 Å². The summed E-state index contributed by atoms with van der Waals surface area (Å²) in [6.45, 7) is 0. The largest absolute Gasteiger partial charge is 0.493 e. The smallest absolute Gasteiger partial charge is 0.316 e. The van der Waals surface area contributed by atoms with Crippen LogP contribution >= 0.6 is 34.8 Å². The van der Waals surface area contributed by atoms with Crippen molar-refractivity contribution in [3.05, 3.63) is 33.3 Å². The van der Waals surface area contributed by atoms with Crippen LogP contribution in [-0.2, 0) is 4.79 Å². The molecule has 4 nitrogen and oxygen atoms in total. The molecule has 0 fully saturated rings. The molecule has 0 saturated heterocycles. The van der Waals surface area contributed by atoms with Crippen molar-refractivity contribution < 1.29 is 19.1 Å². The summed E-state index contributed by atoms with van der Waals surface area (Å²) in [6, 6.07) is 4.38. The Hall–Kier alpha value is -1.23. The zero-order valence-corrected chi connectivity index (χ0v) is 12.1. The average Bonchev–Trinajstić information content (AvgIpc) is 2.38. The predicted octanol–water partition coefficient (Wildman–Crippen LogP) is 3.69. The molecule has 0 aliphatic heterocycles. The lowest BCUT2D eigenvalue weighted by Gasteiger charge is -2.09. The molecule has 0 saturated carbocycles. The number of rotatable bonds is 5. The van der Waals surface area contributed by atoms with Crippen LogP contribution in [0.2, 0.25) is 0 Å². The first kappa shape index (κ1) is 15.8. The van der Waals surface area contributed by atoms with Crippen molar-refractivity contribution in [2.45, 2.75) is 6.42 Å². The molecule has 0 N–H and O–H groups in total. The first-order valence-corrected chi connectivity index (χ1v) is 6.15. The van der Waals surface area contributed by atoms with Gasteiger partial charge in [-0.1, -0.05) is 34.8 Å². The molecule has 0 amide bonds. The molecule has 102 valence electrons. The third-order valence-electron chi connectivity index (χ3n) is 2.05. The van der Waals surface area contributed by atoms with Crippen molar-refractivity contribution in [1.29, 1.82) is 0 Å². The lowest BCUT2D eigenvalue weighted by molar-refractivity contribution is -0.133. The fraction of sp³-hybridized carbons (Fsp3) is 0.167. The molecule has 1 aromatic rings. The van der Waals surface area contributed by atoms with Crippen molar-refractivity contribution in [2.24, 2.45) is 0 Å². The highest BCUT2D eigenvalue weighted by molar-refractivity contribution is 6.59. The van der Waals surface area contributed by atoms with E-state index in [1.165, 1.54) is 25.3 Å². The quantitative estimate of drug-likeness (QED) is 0.471. The van der Waals surface area contributed by atoms with Crippen LogP contribution in [0, 0.1) is 0 Å². The molecule has 19 heavy (non-hydrogen) atoms. The number of hydrogen-bond acceptors (Lipinski definition) is 4. The highest BCUT2D eigenvalue weighted by atomic mass is 35.5. The van der Waals surface area contributed by atoms with Crippen LogP contribution in [0.1, 0.15) is 16.8 Å². The van der Waals surface area contributed by atoms with Crippen molar-refractivity contribution in [3.8, 4) is 11.5 Å². The molecule has 0 unspecified atom stereocenters. The minimum atomic E-state index is -0.652. The Morgan fingerprint density at radius 3 is 2.47 bits per heavy atom. The highest BCUT2D eigenvalue weighted by Gasteiger charge is 2.13. The molecular formula is C12H9Cl3O4. The van der Waals surface area contributed by atoms with Crippen molar-refractivity contribution in [2.75, 3.05) is 7.11 Å². The van der Waals surface area contributed by atoms with Crippen molar-refractivity contribution >= 4 is 47.1 Å². The minimum Gasteiger partial charge on any atom is -0.493 e.